The van der Waals surface area contributed by atoms with Crippen LogP contribution in [0.5, 0.6) is 0 Å². The fraction of sp³-hybridized carbons (Fsp3) is 1.00. The second-order valence-corrected chi connectivity index (χ2v) is 8.95. The van der Waals surface area contributed by atoms with Gasteiger partial charge in [0.2, 0.25) is 9.05 Å². The quantitative estimate of drug-likeness (QED) is 0.692. The average molecular weight is 261 g/mol. The minimum Gasteiger partial charge on any atom is -0.229 e. The predicted octanol–water partition coefficient (Wildman–Crippen LogP) is 0.911. The highest BCUT2D eigenvalue weighted by Crippen LogP contribution is 2.29. The topological polar surface area (TPSA) is 68.3 Å². The summed E-state index contributed by atoms with van der Waals surface area (Å²) >= 11 is 0. The average Bonchev–Trinajstić information content (AvgIpc) is 2.01. The van der Waals surface area contributed by atoms with Crippen molar-refractivity contribution in [2.45, 2.75) is 36.2 Å². The summed E-state index contributed by atoms with van der Waals surface area (Å²) in [6.45, 7) is 0. The number of sulfone groups is 1. The van der Waals surface area contributed by atoms with Gasteiger partial charge in [-0.15, -0.1) is 0 Å². The first kappa shape index (κ1) is 12.3. The SMILES string of the molecule is CS(=O)(=O)C1CCCC(S(=O)(=O)Cl)C1. The van der Waals surface area contributed by atoms with Crippen LogP contribution in [0.3, 0.4) is 0 Å². The lowest BCUT2D eigenvalue weighted by Crippen LogP contribution is -2.32. The maximum Gasteiger partial charge on any atom is 0.235 e. The molecule has 1 rings (SSSR count). The van der Waals surface area contributed by atoms with E-state index in [0.717, 1.165) is 6.26 Å². The van der Waals surface area contributed by atoms with Gasteiger partial charge in [0.25, 0.3) is 0 Å². The van der Waals surface area contributed by atoms with Crippen LogP contribution in [0.15, 0.2) is 0 Å². The fourth-order valence-electron chi connectivity index (χ4n) is 1.75. The van der Waals surface area contributed by atoms with E-state index in [1.807, 2.05) is 0 Å². The zero-order valence-corrected chi connectivity index (χ0v) is 10.2. The molecule has 0 saturated heterocycles. The molecule has 0 aliphatic heterocycles. The molecule has 84 valence electrons. The van der Waals surface area contributed by atoms with Crippen molar-refractivity contribution in [3.63, 3.8) is 0 Å². The van der Waals surface area contributed by atoms with Gasteiger partial charge in [-0.25, -0.2) is 16.8 Å². The minimum absolute atomic E-state index is 0.144. The molecule has 0 aromatic rings. The Morgan fingerprint density at radius 2 is 1.57 bits per heavy atom. The maximum atomic E-state index is 11.2. The van der Waals surface area contributed by atoms with Gasteiger partial charge in [0, 0.05) is 16.9 Å². The maximum absolute atomic E-state index is 11.2. The van der Waals surface area contributed by atoms with Gasteiger partial charge in [-0.1, -0.05) is 6.42 Å². The Morgan fingerprint density at radius 3 is 2.00 bits per heavy atom. The normalized spacial score (nSPS) is 30.1. The van der Waals surface area contributed by atoms with Crippen LogP contribution in [-0.2, 0) is 18.9 Å². The molecule has 1 saturated carbocycles. The van der Waals surface area contributed by atoms with Gasteiger partial charge in [-0.05, 0) is 19.3 Å². The van der Waals surface area contributed by atoms with Crippen molar-refractivity contribution in [1.82, 2.24) is 0 Å². The van der Waals surface area contributed by atoms with Crippen LogP contribution in [-0.4, -0.2) is 33.6 Å². The Balaban J connectivity index is 2.81. The molecule has 0 aromatic carbocycles. The van der Waals surface area contributed by atoms with E-state index >= 15 is 0 Å². The summed E-state index contributed by atoms with van der Waals surface area (Å²) < 4.78 is 44.5. The molecule has 0 radical (unpaired) electrons. The van der Waals surface area contributed by atoms with Gasteiger partial charge in [0.1, 0.15) is 9.84 Å². The molecule has 2 atom stereocenters. The standard InChI is InChI=1S/C7H13ClO4S2/c1-13(9,10)6-3-2-4-7(5-6)14(8,11)12/h6-7H,2-5H2,1H3. The molecule has 1 aliphatic rings. The number of hydrogen-bond donors (Lipinski definition) is 0. The third-order valence-electron chi connectivity index (χ3n) is 2.58. The molecule has 0 heterocycles. The Hall–Kier alpha value is 0.190. The van der Waals surface area contributed by atoms with E-state index in [9.17, 15) is 16.8 Å². The molecule has 4 nitrogen and oxygen atoms in total. The molecule has 0 spiro atoms. The fourth-order valence-corrected chi connectivity index (χ4v) is 4.44. The lowest BCUT2D eigenvalue weighted by atomic mass is 10.00. The second-order valence-electron chi connectivity index (χ2n) is 3.72. The van der Waals surface area contributed by atoms with Gasteiger partial charge in [0.15, 0.2) is 0 Å². The van der Waals surface area contributed by atoms with Crippen molar-refractivity contribution in [3.8, 4) is 0 Å². The summed E-state index contributed by atoms with van der Waals surface area (Å²) in [4.78, 5) is 0. The first-order valence-electron chi connectivity index (χ1n) is 4.33. The molecule has 1 aliphatic carbocycles. The second kappa shape index (κ2) is 3.98. The summed E-state index contributed by atoms with van der Waals surface area (Å²) in [5.74, 6) is 0. The van der Waals surface area contributed by atoms with Crippen LogP contribution in [0.4, 0.5) is 0 Å². The number of hydrogen-bond acceptors (Lipinski definition) is 4. The third kappa shape index (κ3) is 3.10. The largest absolute Gasteiger partial charge is 0.235 e. The van der Waals surface area contributed by atoms with Crippen LogP contribution in [0.25, 0.3) is 0 Å². The zero-order chi connectivity index (χ0) is 11.0. The third-order valence-corrected chi connectivity index (χ3v) is 6.20. The zero-order valence-electron chi connectivity index (χ0n) is 7.81. The minimum atomic E-state index is -3.61. The van der Waals surface area contributed by atoms with Gasteiger partial charge in [0.05, 0.1) is 10.5 Å². The highest BCUT2D eigenvalue weighted by atomic mass is 35.7. The predicted molar refractivity (Wildman–Crippen MR) is 55.7 cm³/mol. The van der Waals surface area contributed by atoms with E-state index in [1.165, 1.54) is 0 Å². The Morgan fingerprint density at radius 1 is 1.07 bits per heavy atom. The Bertz CT molecular complexity index is 359. The number of halogens is 1. The van der Waals surface area contributed by atoms with Crippen LogP contribution < -0.4 is 0 Å². The Labute approximate surface area is 89.0 Å². The molecule has 1 fully saturated rings. The molecule has 0 N–H and O–H groups in total. The van der Waals surface area contributed by atoms with Crippen LogP contribution in [0.1, 0.15) is 25.7 Å². The highest BCUT2D eigenvalue weighted by molar-refractivity contribution is 8.14. The molecule has 7 heteroatoms. The van der Waals surface area contributed by atoms with Gasteiger partial charge < -0.3 is 0 Å². The summed E-state index contributed by atoms with van der Waals surface area (Å²) in [6, 6.07) is 0. The number of rotatable bonds is 2. The molecule has 2 unspecified atom stereocenters. The van der Waals surface area contributed by atoms with Crippen molar-refractivity contribution in [2.24, 2.45) is 0 Å². The lowest BCUT2D eigenvalue weighted by molar-refractivity contribution is 0.478. The molecule has 14 heavy (non-hydrogen) atoms. The molecular formula is C7H13ClO4S2. The van der Waals surface area contributed by atoms with E-state index < -0.39 is 29.4 Å². The van der Waals surface area contributed by atoms with E-state index in [-0.39, 0.29) is 6.42 Å². The highest BCUT2D eigenvalue weighted by Gasteiger charge is 2.34. The van der Waals surface area contributed by atoms with Gasteiger partial charge in [-0.2, -0.15) is 0 Å². The van der Waals surface area contributed by atoms with Gasteiger partial charge in [-0.3, -0.25) is 0 Å². The molecule has 0 bridgehead atoms. The van der Waals surface area contributed by atoms with E-state index in [1.54, 1.807) is 0 Å². The summed E-state index contributed by atoms with van der Waals surface area (Å²) in [7, 11) is -1.55. The Kier molecular flexibility index (Phi) is 3.49. The molecule has 0 amide bonds. The molecule has 0 aromatic heterocycles. The van der Waals surface area contributed by atoms with Crippen molar-refractivity contribution in [2.75, 3.05) is 6.26 Å². The summed E-state index contributed by atoms with van der Waals surface area (Å²) in [5.41, 5.74) is 0. The van der Waals surface area contributed by atoms with Crippen molar-refractivity contribution in [1.29, 1.82) is 0 Å². The van der Waals surface area contributed by atoms with Crippen LogP contribution in [0, 0.1) is 0 Å². The van der Waals surface area contributed by atoms with Crippen LogP contribution >= 0.6 is 10.7 Å². The van der Waals surface area contributed by atoms with Gasteiger partial charge >= 0.3 is 0 Å². The smallest absolute Gasteiger partial charge is 0.229 e. The van der Waals surface area contributed by atoms with E-state index in [2.05, 4.69) is 0 Å². The van der Waals surface area contributed by atoms with Crippen molar-refractivity contribution in [3.05, 3.63) is 0 Å². The van der Waals surface area contributed by atoms with Crippen molar-refractivity contribution < 1.29 is 16.8 Å². The summed E-state index contributed by atoms with van der Waals surface area (Å²) in [5, 5.41) is -1.24. The molecular weight excluding hydrogens is 248 g/mol. The van der Waals surface area contributed by atoms with E-state index in [0.29, 0.717) is 19.3 Å². The van der Waals surface area contributed by atoms with E-state index in [4.69, 9.17) is 10.7 Å². The monoisotopic (exact) mass is 260 g/mol. The lowest BCUT2D eigenvalue weighted by Gasteiger charge is -2.25. The first-order chi connectivity index (χ1) is 6.21. The van der Waals surface area contributed by atoms with Crippen LogP contribution in [0.2, 0.25) is 0 Å². The van der Waals surface area contributed by atoms with Crippen molar-refractivity contribution >= 4 is 29.6 Å². The summed E-state index contributed by atoms with van der Waals surface area (Å²) in [6.07, 6.45) is 2.90. The first-order valence-corrected chi connectivity index (χ1v) is 8.66.